The summed E-state index contributed by atoms with van der Waals surface area (Å²) in [5.41, 5.74) is 8.25. The number of carbonyl (C=O) groups is 1. The molecule has 6 rings (SSSR count). The molecule has 0 spiro atoms. The van der Waals surface area contributed by atoms with Gasteiger partial charge >= 0.3 is 25.8 Å². The van der Waals surface area contributed by atoms with Crippen molar-refractivity contribution in [2.45, 2.75) is 6.92 Å². The molecule has 0 aliphatic heterocycles. The third-order valence-electron chi connectivity index (χ3n) is 5.64. The van der Waals surface area contributed by atoms with Crippen LogP contribution in [0.3, 0.4) is 0 Å². The second kappa shape index (κ2) is 17.6. The van der Waals surface area contributed by atoms with Gasteiger partial charge in [0.25, 0.3) is 0 Å². The van der Waals surface area contributed by atoms with Crippen LogP contribution in [0.4, 0.5) is 0 Å². The molecule has 6 heteroatoms. The van der Waals surface area contributed by atoms with Crippen LogP contribution in [-0.2, 0) is 25.8 Å². The maximum atomic E-state index is 10.5. The van der Waals surface area contributed by atoms with Gasteiger partial charge in [0.2, 0.25) is 0 Å². The van der Waals surface area contributed by atoms with Crippen molar-refractivity contribution < 1.29 is 55.5 Å². The molecule has 0 heterocycles. The Morgan fingerprint density at radius 1 is 0.615 bits per heavy atom. The largest absolute Gasteiger partial charge is 4.00 e. The van der Waals surface area contributed by atoms with E-state index in [1.165, 1.54) is 31.9 Å². The monoisotopic (exact) mass is 731 g/mol. The third-order valence-corrected chi connectivity index (χ3v) is 6.88. The third kappa shape index (κ3) is 10.3. The van der Waals surface area contributed by atoms with Crippen LogP contribution in [0.5, 0.6) is 0 Å². The van der Waals surface area contributed by atoms with E-state index in [9.17, 15) is 4.79 Å². The number of rotatable bonds is 3. The van der Waals surface area contributed by atoms with Gasteiger partial charge in [-0.2, -0.15) is 0 Å². The summed E-state index contributed by atoms with van der Waals surface area (Å²) in [6, 6.07) is 47.4. The molecule has 6 aromatic carbocycles. The minimum atomic E-state index is -0.622. The molecule has 39 heavy (non-hydrogen) atoms. The number of aryl methyl sites for hydroxylation is 1. The molecule has 6 aromatic rings. The summed E-state index contributed by atoms with van der Waals surface area (Å²) < 4.78 is 0. The first-order valence-corrected chi connectivity index (χ1v) is 12.8. The average Bonchev–Trinajstić information content (AvgIpc) is 3.29. The fourth-order valence-corrected chi connectivity index (χ4v) is 4.95. The van der Waals surface area contributed by atoms with Crippen molar-refractivity contribution in [2.24, 2.45) is 0 Å². The van der Waals surface area contributed by atoms with Crippen molar-refractivity contribution in [3.8, 4) is 0 Å². The molecule has 1 N–H and O–H groups in total. The number of hydrogen-bond donors (Lipinski definition) is 0. The predicted octanol–water partition coefficient (Wildman–Crippen LogP) is 1.25. The van der Waals surface area contributed by atoms with Crippen LogP contribution < -0.4 is 35.2 Å². The fourth-order valence-electron chi connectivity index (χ4n) is 3.90. The van der Waals surface area contributed by atoms with E-state index >= 15 is 0 Å². The number of fused-ring (bicyclic) bond motifs is 3. The summed E-state index contributed by atoms with van der Waals surface area (Å²) in [7, 11) is 0.777. The zero-order valence-corrected chi connectivity index (χ0v) is 27.5. The SMILES string of the molecule is Cc1cccc(C([NH-])=O)c1.[Cl-].[Cl-].[Hf+4].c1ccc([Si]c2ccccc2)cc1.c1ccc2c(c1)[cH-]c1ccccc12. The van der Waals surface area contributed by atoms with E-state index in [1.54, 1.807) is 18.2 Å². The first-order chi connectivity index (χ1) is 17.6. The summed E-state index contributed by atoms with van der Waals surface area (Å²) in [6.45, 7) is 1.90. The van der Waals surface area contributed by atoms with Gasteiger partial charge in [-0.25, -0.2) is 0 Å². The molecule has 0 aromatic heterocycles. The molecule has 1 amide bonds. The van der Waals surface area contributed by atoms with Crippen LogP contribution in [0.2, 0.25) is 0 Å². The Kier molecular flexibility index (Phi) is 15.4. The normalized spacial score (nSPS) is 9.36. The first-order valence-electron chi connectivity index (χ1n) is 11.8. The number of carbonyl (C=O) groups excluding carboxylic acids is 1. The van der Waals surface area contributed by atoms with Gasteiger partial charge in [0.15, 0.2) is 0 Å². The zero-order valence-electron chi connectivity index (χ0n) is 21.4. The number of amides is 1. The minimum Gasteiger partial charge on any atom is -1.00 e. The minimum absolute atomic E-state index is 0. The molecule has 2 nitrogen and oxygen atoms in total. The molecule has 0 saturated heterocycles. The molecule has 0 saturated carbocycles. The fraction of sp³-hybridized carbons (Fsp3) is 0.0303. The van der Waals surface area contributed by atoms with Gasteiger partial charge in [-0.15, -0.1) is 39.7 Å². The quantitative estimate of drug-likeness (QED) is 0.200. The summed E-state index contributed by atoms with van der Waals surface area (Å²) in [5.74, 6) is -0.622. The first kappa shape index (κ1) is 34.1. The van der Waals surface area contributed by atoms with Crippen molar-refractivity contribution in [1.29, 1.82) is 0 Å². The van der Waals surface area contributed by atoms with Crippen molar-refractivity contribution in [1.82, 2.24) is 0 Å². The maximum Gasteiger partial charge on any atom is 4.00 e. The molecular weight excluding hydrogens is 704 g/mol. The molecule has 0 atom stereocenters. The zero-order chi connectivity index (χ0) is 25.2. The van der Waals surface area contributed by atoms with Gasteiger partial charge in [0.05, 0.1) is 5.91 Å². The standard InChI is InChI=1S/C13H9.C12H10Si.C8H9NO.2ClH.Hf/c1-3-7-12-10(5-1)9-11-6-2-4-8-13(11)12;1-3-7-11(8-4-1)13-12-9-5-2-6-10-12;1-6-3-2-4-7(5-6)8(9)10;;;/h1-9H;1-10H;2-5H,1H3,(H2,9,10);2*1H;/q-1;;;;;+4/p-3. The number of hydrogen-bond acceptors (Lipinski definition) is 1. The van der Waals surface area contributed by atoms with E-state index in [2.05, 4.69) is 115 Å². The topological polar surface area (TPSA) is 40.9 Å². The Morgan fingerprint density at radius 3 is 1.46 bits per heavy atom. The van der Waals surface area contributed by atoms with Gasteiger partial charge < -0.3 is 35.3 Å². The summed E-state index contributed by atoms with van der Waals surface area (Å²) in [6.07, 6.45) is 0. The second-order valence-electron chi connectivity index (χ2n) is 8.37. The predicted molar refractivity (Wildman–Crippen MR) is 155 cm³/mol. The number of nitrogens with one attached hydrogen (secondary N) is 1. The molecule has 192 valence electrons. The number of halogens is 2. The summed E-state index contributed by atoms with van der Waals surface area (Å²) in [5, 5.41) is 8.19. The van der Waals surface area contributed by atoms with Gasteiger partial charge in [-0.3, -0.25) is 0 Å². The van der Waals surface area contributed by atoms with Gasteiger partial charge in [0, 0.05) is 0 Å². The summed E-state index contributed by atoms with van der Waals surface area (Å²) in [4.78, 5) is 10.5. The molecule has 0 unspecified atom stereocenters. The molecule has 0 fully saturated rings. The molecule has 0 aliphatic carbocycles. The van der Waals surface area contributed by atoms with E-state index in [-0.39, 0.29) is 50.7 Å². The van der Waals surface area contributed by atoms with Crippen LogP contribution in [0.1, 0.15) is 15.9 Å². The average molecular weight is 731 g/mol. The Hall–Kier alpha value is -2.89. The van der Waals surface area contributed by atoms with Crippen LogP contribution in [-0.4, -0.2) is 15.4 Å². The summed E-state index contributed by atoms with van der Waals surface area (Å²) >= 11 is 0. The molecule has 0 aliphatic rings. The van der Waals surface area contributed by atoms with E-state index in [0.29, 0.717) is 5.56 Å². The molecular formula is C33H27Cl2HfNOSi. The van der Waals surface area contributed by atoms with Gasteiger partial charge in [0.1, 0.15) is 9.52 Å². The van der Waals surface area contributed by atoms with E-state index in [4.69, 9.17) is 5.73 Å². The van der Waals surface area contributed by atoms with Crippen molar-refractivity contribution in [2.75, 3.05) is 0 Å². The Balaban J connectivity index is 0.000000285. The van der Waals surface area contributed by atoms with Gasteiger partial charge in [-0.05, 0) is 12.5 Å². The molecule has 0 bridgehead atoms. The van der Waals surface area contributed by atoms with E-state index < -0.39 is 5.91 Å². The van der Waals surface area contributed by atoms with Crippen LogP contribution in [0.25, 0.3) is 27.3 Å². The van der Waals surface area contributed by atoms with Crippen molar-refractivity contribution in [3.63, 3.8) is 0 Å². The van der Waals surface area contributed by atoms with E-state index in [1.807, 2.05) is 13.0 Å². The molecule has 2 radical (unpaired) electrons. The number of benzene rings is 5. The van der Waals surface area contributed by atoms with Crippen molar-refractivity contribution >= 4 is 47.3 Å². The van der Waals surface area contributed by atoms with Crippen LogP contribution in [0, 0.1) is 6.92 Å². The Labute approximate surface area is 264 Å². The van der Waals surface area contributed by atoms with E-state index in [0.717, 1.165) is 15.1 Å². The van der Waals surface area contributed by atoms with Crippen LogP contribution >= 0.6 is 0 Å². The Bertz CT molecular complexity index is 1470. The smallest absolute Gasteiger partial charge is 1.00 e. The van der Waals surface area contributed by atoms with Crippen molar-refractivity contribution in [3.05, 3.63) is 156 Å². The van der Waals surface area contributed by atoms with Gasteiger partial charge in [-0.1, -0.05) is 137 Å². The Morgan fingerprint density at radius 2 is 1.05 bits per heavy atom. The second-order valence-corrected chi connectivity index (χ2v) is 9.78. The van der Waals surface area contributed by atoms with Crippen LogP contribution in [0.15, 0.2) is 140 Å². The maximum absolute atomic E-state index is 10.5.